The molecule has 1 atom stereocenters. The average Bonchev–Trinajstić information content (AvgIpc) is 2.27. The number of hydrogen-bond acceptors (Lipinski definition) is 3. The van der Waals surface area contributed by atoms with Crippen molar-refractivity contribution in [3.8, 4) is 5.75 Å². The molecule has 0 saturated heterocycles. The summed E-state index contributed by atoms with van der Waals surface area (Å²) in [5.74, 6) is 0.548. The minimum absolute atomic E-state index is 0.0933. The minimum atomic E-state index is -0.454. The molecule has 92 valence electrons. The highest BCUT2D eigenvalue weighted by atomic mass is 127. The molecule has 1 aliphatic heterocycles. The first-order valence-electron chi connectivity index (χ1n) is 5.72. The zero-order chi connectivity index (χ0) is 12.4. The van der Waals surface area contributed by atoms with Gasteiger partial charge in [0, 0.05) is 3.57 Å². The lowest BCUT2D eigenvalue weighted by Gasteiger charge is -2.25. The van der Waals surface area contributed by atoms with Crippen LogP contribution in [0.15, 0.2) is 18.2 Å². The SMILES string of the molecule is CC(C)OC(=O)[C@@H]1CCc2cc(I)ccc2O1. The zero-order valence-electron chi connectivity index (χ0n) is 9.90. The molecule has 0 N–H and O–H groups in total. The van der Waals surface area contributed by atoms with Crippen LogP contribution >= 0.6 is 22.6 Å². The van der Waals surface area contributed by atoms with Crippen LogP contribution in [-0.2, 0) is 16.0 Å². The van der Waals surface area contributed by atoms with Crippen molar-refractivity contribution in [1.82, 2.24) is 0 Å². The van der Waals surface area contributed by atoms with Crippen LogP contribution in [0.25, 0.3) is 0 Å². The summed E-state index contributed by atoms with van der Waals surface area (Å²) in [6.45, 7) is 3.69. The lowest BCUT2D eigenvalue weighted by molar-refractivity contribution is -0.156. The monoisotopic (exact) mass is 346 g/mol. The second kappa shape index (κ2) is 5.25. The third kappa shape index (κ3) is 3.12. The molecule has 0 unspecified atom stereocenters. The van der Waals surface area contributed by atoms with Gasteiger partial charge >= 0.3 is 5.97 Å². The summed E-state index contributed by atoms with van der Waals surface area (Å²) in [6, 6.07) is 6.00. The van der Waals surface area contributed by atoms with E-state index in [1.807, 2.05) is 26.0 Å². The largest absolute Gasteiger partial charge is 0.478 e. The van der Waals surface area contributed by atoms with Crippen LogP contribution in [0.3, 0.4) is 0 Å². The quantitative estimate of drug-likeness (QED) is 0.610. The van der Waals surface area contributed by atoms with Crippen LogP contribution in [0.4, 0.5) is 0 Å². The maximum atomic E-state index is 11.7. The van der Waals surface area contributed by atoms with Crippen molar-refractivity contribution in [3.05, 3.63) is 27.3 Å². The Morgan fingerprint density at radius 3 is 3.00 bits per heavy atom. The first-order chi connectivity index (χ1) is 8.06. The Kier molecular flexibility index (Phi) is 3.91. The Bertz CT molecular complexity index is 429. The Balaban J connectivity index is 2.08. The van der Waals surface area contributed by atoms with E-state index in [1.54, 1.807) is 0 Å². The van der Waals surface area contributed by atoms with Gasteiger partial charge in [0.1, 0.15) is 5.75 Å². The maximum Gasteiger partial charge on any atom is 0.347 e. The fraction of sp³-hybridized carbons (Fsp3) is 0.462. The van der Waals surface area contributed by atoms with Crippen molar-refractivity contribution < 1.29 is 14.3 Å². The molecule has 2 rings (SSSR count). The van der Waals surface area contributed by atoms with Gasteiger partial charge in [-0.15, -0.1) is 0 Å². The van der Waals surface area contributed by atoms with Gasteiger partial charge in [0.15, 0.2) is 6.10 Å². The number of ether oxygens (including phenoxy) is 2. The summed E-state index contributed by atoms with van der Waals surface area (Å²) in [6.07, 6.45) is 1.01. The Hall–Kier alpha value is -0.780. The molecule has 4 heteroatoms. The Labute approximate surface area is 115 Å². The number of hydrogen-bond donors (Lipinski definition) is 0. The second-order valence-electron chi connectivity index (χ2n) is 4.38. The minimum Gasteiger partial charge on any atom is -0.478 e. The van der Waals surface area contributed by atoms with Crippen LogP contribution in [0.2, 0.25) is 0 Å². The molecule has 0 aromatic heterocycles. The fourth-order valence-corrected chi connectivity index (χ4v) is 2.39. The van der Waals surface area contributed by atoms with Gasteiger partial charge in [-0.05, 0) is 73.0 Å². The van der Waals surface area contributed by atoms with Gasteiger partial charge in [0.2, 0.25) is 0 Å². The second-order valence-corrected chi connectivity index (χ2v) is 5.63. The van der Waals surface area contributed by atoms with Crippen LogP contribution in [0.1, 0.15) is 25.8 Å². The normalized spacial score (nSPS) is 18.5. The van der Waals surface area contributed by atoms with E-state index in [-0.39, 0.29) is 12.1 Å². The number of halogens is 1. The van der Waals surface area contributed by atoms with E-state index < -0.39 is 6.10 Å². The summed E-state index contributed by atoms with van der Waals surface area (Å²) < 4.78 is 12.0. The first kappa shape index (κ1) is 12.7. The first-order valence-corrected chi connectivity index (χ1v) is 6.79. The molecular weight excluding hydrogens is 331 g/mol. The van der Waals surface area contributed by atoms with Crippen LogP contribution < -0.4 is 4.74 Å². The van der Waals surface area contributed by atoms with Crippen molar-refractivity contribution >= 4 is 28.6 Å². The van der Waals surface area contributed by atoms with Gasteiger partial charge in [-0.25, -0.2) is 4.79 Å². The topological polar surface area (TPSA) is 35.5 Å². The van der Waals surface area contributed by atoms with E-state index in [0.717, 1.165) is 12.2 Å². The maximum absolute atomic E-state index is 11.7. The molecule has 17 heavy (non-hydrogen) atoms. The molecule has 0 saturated carbocycles. The summed E-state index contributed by atoms with van der Waals surface area (Å²) in [5.41, 5.74) is 1.17. The molecule has 1 aromatic carbocycles. The number of aryl methyl sites for hydroxylation is 1. The van der Waals surface area contributed by atoms with Crippen molar-refractivity contribution in [1.29, 1.82) is 0 Å². The van der Waals surface area contributed by atoms with E-state index >= 15 is 0 Å². The predicted molar refractivity (Wildman–Crippen MR) is 73.1 cm³/mol. The lowest BCUT2D eigenvalue weighted by atomic mass is 10.0. The van der Waals surface area contributed by atoms with Gasteiger partial charge in [-0.3, -0.25) is 0 Å². The highest BCUT2D eigenvalue weighted by molar-refractivity contribution is 14.1. The van der Waals surface area contributed by atoms with Gasteiger partial charge in [0.05, 0.1) is 6.10 Å². The molecule has 1 aromatic rings. The number of carbonyl (C=O) groups is 1. The van der Waals surface area contributed by atoms with Crippen molar-refractivity contribution in [3.63, 3.8) is 0 Å². The van der Waals surface area contributed by atoms with E-state index in [1.165, 1.54) is 9.13 Å². The molecule has 0 fully saturated rings. The number of carbonyl (C=O) groups excluding carboxylic acids is 1. The van der Waals surface area contributed by atoms with Gasteiger partial charge in [-0.2, -0.15) is 0 Å². The van der Waals surface area contributed by atoms with Gasteiger partial charge in [-0.1, -0.05) is 0 Å². The predicted octanol–water partition coefficient (Wildman–Crippen LogP) is 2.94. The smallest absolute Gasteiger partial charge is 0.347 e. The van der Waals surface area contributed by atoms with E-state index in [4.69, 9.17) is 9.47 Å². The molecule has 0 bridgehead atoms. The number of benzene rings is 1. The Morgan fingerprint density at radius 2 is 2.29 bits per heavy atom. The molecule has 0 amide bonds. The highest BCUT2D eigenvalue weighted by Crippen LogP contribution is 2.29. The van der Waals surface area contributed by atoms with Crippen LogP contribution in [0.5, 0.6) is 5.75 Å². The van der Waals surface area contributed by atoms with Crippen LogP contribution in [-0.4, -0.2) is 18.2 Å². The Morgan fingerprint density at radius 1 is 1.53 bits per heavy atom. The standard InChI is InChI=1S/C13H15IO3/c1-8(2)16-13(15)12-5-3-9-7-10(14)4-6-11(9)17-12/h4,6-8,12H,3,5H2,1-2H3/t12-/m0/s1. The van der Waals surface area contributed by atoms with Crippen LogP contribution in [0, 0.1) is 3.57 Å². The summed E-state index contributed by atoms with van der Waals surface area (Å²) in [5, 5.41) is 0. The van der Waals surface area contributed by atoms with Gasteiger partial charge in [0.25, 0.3) is 0 Å². The van der Waals surface area contributed by atoms with Gasteiger partial charge < -0.3 is 9.47 Å². The third-order valence-corrected chi connectivity index (χ3v) is 3.25. The van der Waals surface area contributed by atoms with E-state index in [0.29, 0.717) is 6.42 Å². The molecule has 0 radical (unpaired) electrons. The van der Waals surface area contributed by atoms with Crippen molar-refractivity contribution in [2.45, 2.75) is 38.9 Å². The lowest BCUT2D eigenvalue weighted by Crippen LogP contribution is -2.34. The summed E-state index contributed by atoms with van der Waals surface area (Å²) in [7, 11) is 0. The van der Waals surface area contributed by atoms with E-state index in [9.17, 15) is 4.79 Å². The number of fused-ring (bicyclic) bond motifs is 1. The summed E-state index contributed by atoms with van der Waals surface area (Å²) >= 11 is 2.27. The molecule has 1 heterocycles. The summed E-state index contributed by atoms with van der Waals surface area (Å²) in [4.78, 5) is 11.7. The molecule has 0 spiro atoms. The molecule has 1 aliphatic rings. The third-order valence-electron chi connectivity index (χ3n) is 2.58. The molecule has 3 nitrogen and oxygen atoms in total. The number of rotatable bonds is 2. The number of esters is 1. The zero-order valence-corrected chi connectivity index (χ0v) is 12.1. The van der Waals surface area contributed by atoms with Crippen molar-refractivity contribution in [2.75, 3.05) is 0 Å². The fourth-order valence-electron chi connectivity index (χ4n) is 1.83. The average molecular weight is 346 g/mol. The highest BCUT2D eigenvalue weighted by Gasteiger charge is 2.27. The molecular formula is C13H15IO3. The van der Waals surface area contributed by atoms with E-state index in [2.05, 4.69) is 28.7 Å². The van der Waals surface area contributed by atoms with Crippen molar-refractivity contribution in [2.24, 2.45) is 0 Å². The molecule has 0 aliphatic carbocycles.